The van der Waals surface area contributed by atoms with Gasteiger partial charge in [-0.3, -0.25) is 4.90 Å². The maximum atomic E-state index is 5.96. The molecule has 0 atom stereocenters. The Bertz CT molecular complexity index is 607. The second kappa shape index (κ2) is 7.96. The van der Waals surface area contributed by atoms with Crippen LogP contribution in [0.5, 0.6) is 0 Å². The van der Waals surface area contributed by atoms with Crippen LogP contribution < -0.4 is 0 Å². The summed E-state index contributed by atoms with van der Waals surface area (Å²) in [4.78, 5) is 5.12. The molecule has 0 aliphatic carbocycles. The minimum atomic E-state index is 0.785. The minimum absolute atomic E-state index is 0.785. The summed E-state index contributed by atoms with van der Waals surface area (Å²) in [6.45, 7) is 9.29. The zero-order valence-electron chi connectivity index (χ0n) is 13.8. The van der Waals surface area contributed by atoms with Gasteiger partial charge >= 0.3 is 0 Å². The van der Waals surface area contributed by atoms with Crippen molar-refractivity contribution in [1.29, 1.82) is 0 Å². The highest BCUT2D eigenvalue weighted by atomic mass is 35.5. The SMILES string of the molecule is CCN1CCCN(Cc2ccc(-c3ccc(Cl)cc3)cc2)CC1. The van der Waals surface area contributed by atoms with E-state index in [1.807, 2.05) is 12.1 Å². The van der Waals surface area contributed by atoms with E-state index in [0.29, 0.717) is 0 Å². The van der Waals surface area contributed by atoms with Crippen LogP contribution in [0.25, 0.3) is 11.1 Å². The van der Waals surface area contributed by atoms with Gasteiger partial charge in [0.2, 0.25) is 0 Å². The highest BCUT2D eigenvalue weighted by Crippen LogP contribution is 2.22. The first-order valence-electron chi connectivity index (χ1n) is 8.54. The minimum Gasteiger partial charge on any atom is -0.302 e. The van der Waals surface area contributed by atoms with Crippen molar-refractivity contribution >= 4 is 11.6 Å². The summed E-state index contributed by atoms with van der Waals surface area (Å²) < 4.78 is 0. The molecule has 0 unspecified atom stereocenters. The Hall–Kier alpha value is -1.35. The largest absolute Gasteiger partial charge is 0.302 e. The van der Waals surface area contributed by atoms with Gasteiger partial charge in [-0.1, -0.05) is 54.9 Å². The third kappa shape index (κ3) is 4.57. The molecular weight excluding hydrogens is 304 g/mol. The van der Waals surface area contributed by atoms with Crippen molar-refractivity contribution in [3.8, 4) is 11.1 Å². The summed E-state index contributed by atoms with van der Waals surface area (Å²) in [7, 11) is 0. The highest BCUT2D eigenvalue weighted by molar-refractivity contribution is 6.30. The molecule has 23 heavy (non-hydrogen) atoms. The summed E-state index contributed by atoms with van der Waals surface area (Å²) >= 11 is 5.96. The van der Waals surface area contributed by atoms with Crippen LogP contribution in [0.4, 0.5) is 0 Å². The van der Waals surface area contributed by atoms with Gasteiger partial charge in [-0.25, -0.2) is 0 Å². The van der Waals surface area contributed by atoms with E-state index in [2.05, 4.69) is 53.1 Å². The fourth-order valence-corrected chi connectivity index (χ4v) is 3.33. The van der Waals surface area contributed by atoms with Crippen LogP contribution in [0.15, 0.2) is 48.5 Å². The van der Waals surface area contributed by atoms with Crippen molar-refractivity contribution in [3.05, 3.63) is 59.1 Å². The second-order valence-electron chi connectivity index (χ2n) is 6.27. The van der Waals surface area contributed by atoms with E-state index in [1.54, 1.807) is 0 Å². The van der Waals surface area contributed by atoms with Gasteiger partial charge in [0.25, 0.3) is 0 Å². The van der Waals surface area contributed by atoms with Crippen molar-refractivity contribution in [3.63, 3.8) is 0 Å². The van der Waals surface area contributed by atoms with Crippen LogP contribution >= 0.6 is 11.6 Å². The Morgan fingerprint density at radius 2 is 1.35 bits per heavy atom. The van der Waals surface area contributed by atoms with Crippen LogP contribution in [-0.4, -0.2) is 42.5 Å². The van der Waals surface area contributed by atoms with Crippen LogP contribution in [-0.2, 0) is 6.54 Å². The first-order valence-corrected chi connectivity index (χ1v) is 8.92. The zero-order valence-corrected chi connectivity index (χ0v) is 14.6. The highest BCUT2D eigenvalue weighted by Gasteiger charge is 2.13. The Morgan fingerprint density at radius 1 is 0.783 bits per heavy atom. The Labute approximate surface area is 144 Å². The van der Waals surface area contributed by atoms with Crippen LogP contribution in [0.3, 0.4) is 0 Å². The van der Waals surface area contributed by atoms with Gasteiger partial charge in [-0.2, -0.15) is 0 Å². The summed E-state index contributed by atoms with van der Waals surface area (Å²) in [6.07, 6.45) is 1.27. The molecule has 1 heterocycles. The number of hydrogen-bond donors (Lipinski definition) is 0. The van der Waals surface area contributed by atoms with Crippen molar-refractivity contribution in [2.75, 3.05) is 32.7 Å². The molecule has 0 aromatic heterocycles. The summed E-state index contributed by atoms with van der Waals surface area (Å²) in [5.41, 5.74) is 3.86. The maximum Gasteiger partial charge on any atom is 0.0406 e. The third-order valence-electron chi connectivity index (χ3n) is 4.67. The monoisotopic (exact) mass is 328 g/mol. The van der Waals surface area contributed by atoms with Gasteiger partial charge in [0, 0.05) is 24.7 Å². The maximum absolute atomic E-state index is 5.96. The van der Waals surface area contributed by atoms with Gasteiger partial charge in [0.05, 0.1) is 0 Å². The Balaban J connectivity index is 1.62. The standard InChI is InChI=1S/C20H25ClN2/c1-2-22-12-3-13-23(15-14-22)16-17-4-6-18(7-5-17)19-8-10-20(21)11-9-19/h4-11H,2-3,12-16H2,1H3. The lowest BCUT2D eigenvalue weighted by Gasteiger charge is -2.21. The molecule has 122 valence electrons. The van der Waals surface area contributed by atoms with Gasteiger partial charge in [-0.15, -0.1) is 0 Å². The molecule has 2 aromatic carbocycles. The molecule has 0 radical (unpaired) electrons. The van der Waals surface area contributed by atoms with E-state index in [4.69, 9.17) is 11.6 Å². The third-order valence-corrected chi connectivity index (χ3v) is 4.92. The number of hydrogen-bond acceptors (Lipinski definition) is 2. The fourth-order valence-electron chi connectivity index (χ4n) is 3.20. The van der Waals surface area contributed by atoms with E-state index in [0.717, 1.165) is 11.6 Å². The van der Waals surface area contributed by atoms with Crippen molar-refractivity contribution in [1.82, 2.24) is 9.80 Å². The summed E-state index contributed by atoms with van der Waals surface area (Å²) in [6, 6.07) is 17.0. The van der Waals surface area contributed by atoms with E-state index in [9.17, 15) is 0 Å². The molecule has 0 amide bonds. The number of benzene rings is 2. The fraction of sp³-hybridized carbons (Fsp3) is 0.400. The molecule has 0 spiro atoms. The van der Waals surface area contributed by atoms with E-state index in [-0.39, 0.29) is 0 Å². The van der Waals surface area contributed by atoms with Crippen LogP contribution in [0, 0.1) is 0 Å². The van der Waals surface area contributed by atoms with E-state index < -0.39 is 0 Å². The average molecular weight is 329 g/mol. The number of nitrogens with zero attached hydrogens (tertiary/aromatic N) is 2. The number of rotatable bonds is 4. The molecule has 1 aliphatic heterocycles. The quantitative estimate of drug-likeness (QED) is 0.813. The molecule has 0 bridgehead atoms. The van der Waals surface area contributed by atoms with Crippen molar-refractivity contribution in [2.24, 2.45) is 0 Å². The first kappa shape index (κ1) is 16.5. The molecule has 0 saturated carbocycles. The van der Waals surface area contributed by atoms with Gasteiger partial charge in [0.1, 0.15) is 0 Å². The molecule has 1 saturated heterocycles. The predicted octanol–water partition coefficient (Wildman–Crippen LogP) is 4.53. The normalized spacial score (nSPS) is 17.1. The predicted molar refractivity (Wildman–Crippen MR) is 98.9 cm³/mol. The molecule has 3 heteroatoms. The van der Waals surface area contributed by atoms with E-state index in [1.165, 1.54) is 55.8 Å². The smallest absolute Gasteiger partial charge is 0.0406 e. The lowest BCUT2D eigenvalue weighted by atomic mass is 10.0. The second-order valence-corrected chi connectivity index (χ2v) is 6.70. The van der Waals surface area contributed by atoms with Crippen LogP contribution in [0.2, 0.25) is 5.02 Å². The molecule has 1 aliphatic rings. The molecule has 0 N–H and O–H groups in total. The summed E-state index contributed by atoms with van der Waals surface area (Å²) in [5, 5.41) is 0.785. The average Bonchev–Trinajstić information content (AvgIpc) is 2.81. The summed E-state index contributed by atoms with van der Waals surface area (Å²) in [5.74, 6) is 0. The van der Waals surface area contributed by atoms with Gasteiger partial charge < -0.3 is 4.90 Å². The lowest BCUT2D eigenvalue weighted by molar-refractivity contribution is 0.257. The molecule has 3 rings (SSSR count). The number of halogens is 1. The molecule has 2 aromatic rings. The number of likely N-dealkylation sites (N-methyl/N-ethyl adjacent to an activating group) is 1. The van der Waals surface area contributed by atoms with Crippen molar-refractivity contribution in [2.45, 2.75) is 19.9 Å². The zero-order chi connectivity index (χ0) is 16.1. The topological polar surface area (TPSA) is 6.48 Å². The first-order chi connectivity index (χ1) is 11.2. The molecule has 1 fully saturated rings. The molecule has 2 nitrogen and oxygen atoms in total. The van der Waals surface area contributed by atoms with Crippen molar-refractivity contribution < 1.29 is 0 Å². The van der Waals surface area contributed by atoms with Crippen LogP contribution in [0.1, 0.15) is 18.9 Å². The van der Waals surface area contributed by atoms with E-state index >= 15 is 0 Å². The van der Waals surface area contributed by atoms with Gasteiger partial charge in [0.15, 0.2) is 0 Å². The Kier molecular flexibility index (Phi) is 5.71. The van der Waals surface area contributed by atoms with Gasteiger partial charge in [-0.05, 0) is 54.9 Å². The molecular formula is C20H25ClN2. The Morgan fingerprint density at radius 3 is 2.00 bits per heavy atom. The lowest BCUT2D eigenvalue weighted by Crippen LogP contribution is -2.30.